The van der Waals surface area contributed by atoms with E-state index in [9.17, 15) is 4.79 Å². The highest BCUT2D eigenvalue weighted by Crippen LogP contribution is 2.14. The van der Waals surface area contributed by atoms with E-state index in [1.165, 1.54) is 18.1 Å². The maximum Gasteiger partial charge on any atom is 0.258 e. The minimum Gasteiger partial charge on any atom is -0.472 e. The van der Waals surface area contributed by atoms with Crippen molar-refractivity contribution in [2.75, 3.05) is 11.2 Å². The van der Waals surface area contributed by atoms with E-state index in [1.54, 1.807) is 6.07 Å². The van der Waals surface area contributed by atoms with Gasteiger partial charge in [-0.15, -0.1) is 11.6 Å². The molecule has 1 aromatic heterocycles. The van der Waals surface area contributed by atoms with E-state index >= 15 is 0 Å². The van der Waals surface area contributed by atoms with E-state index in [-0.39, 0.29) is 5.91 Å². The zero-order valence-electron chi connectivity index (χ0n) is 9.86. The molecule has 0 bridgehead atoms. The van der Waals surface area contributed by atoms with Crippen LogP contribution in [0.3, 0.4) is 0 Å². The van der Waals surface area contributed by atoms with Crippen molar-refractivity contribution in [2.45, 2.75) is 12.8 Å². The molecule has 2 rings (SSSR count). The molecular formula is C14H14ClNO2. The van der Waals surface area contributed by atoms with Crippen molar-refractivity contribution in [2.24, 2.45) is 0 Å². The Morgan fingerprint density at radius 2 is 2.22 bits per heavy atom. The van der Waals surface area contributed by atoms with Crippen LogP contribution in [0, 0.1) is 0 Å². The maximum absolute atomic E-state index is 11.8. The van der Waals surface area contributed by atoms with Crippen LogP contribution in [0.15, 0.2) is 47.3 Å². The van der Waals surface area contributed by atoms with Crippen molar-refractivity contribution >= 4 is 23.2 Å². The number of amides is 1. The number of rotatable bonds is 5. The Kier molecular flexibility index (Phi) is 4.42. The Balaban J connectivity index is 2.03. The van der Waals surface area contributed by atoms with Gasteiger partial charge < -0.3 is 9.73 Å². The van der Waals surface area contributed by atoms with E-state index < -0.39 is 0 Å². The standard InChI is InChI=1S/C14H14ClNO2/c15-7-2-4-11-3-1-5-13(9-11)16-14(17)12-6-8-18-10-12/h1,3,5-6,8-10H,2,4,7H2,(H,16,17). The molecule has 0 aliphatic rings. The van der Waals surface area contributed by atoms with Gasteiger partial charge in [-0.1, -0.05) is 12.1 Å². The van der Waals surface area contributed by atoms with Crippen LogP contribution in [-0.2, 0) is 6.42 Å². The number of carbonyl (C=O) groups is 1. The third-order valence-corrected chi connectivity index (χ3v) is 2.83. The first-order valence-corrected chi connectivity index (χ1v) is 6.31. The lowest BCUT2D eigenvalue weighted by atomic mass is 10.1. The number of halogens is 1. The van der Waals surface area contributed by atoms with E-state index in [4.69, 9.17) is 16.0 Å². The number of anilines is 1. The molecule has 1 amide bonds. The largest absolute Gasteiger partial charge is 0.472 e. The average Bonchev–Trinajstić information content (AvgIpc) is 2.91. The third kappa shape index (κ3) is 3.37. The van der Waals surface area contributed by atoms with Gasteiger partial charge in [-0.3, -0.25) is 4.79 Å². The molecule has 0 unspecified atom stereocenters. The highest BCUT2D eigenvalue weighted by Gasteiger charge is 2.07. The summed E-state index contributed by atoms with van der Waals surface area (Å²) in [7, 11) is 0. The lowest BCUT2D eigenvalue weighted by Crippen LogP contribution is -2.10. The molecule has 94 valence electrons. The molecule has 3 nitrogen and oxygen atoms in total. The van der Waals surface area contributed by atoms with Crippen LogP contribution in [0.4, 0.5) is 5.69 Å². The average molecular weight is 264 g/mol. The molecule has 0 atom stereocenters. The van der Waals surface area contributed by atoms with Crippen molar-refractivity contribution in [3.63, 3.8) is 0 Å². The van der Waals surface area contributed by atoms with Gasteiger partial charge in [0, 0.05) is 11.6 Å². The lowest BCUT2D eigenvalue weighted by molar-refractivity contribution is 0.102. The predicted octanol–water partition coefficient (Wildman–Crippen LogP) is 3.70. The summed E-state index contributed by atoms with van der Waals surface area (Å²) >= 11 is 5.66. The topological polar surface area (TPSA) is 42.2 Å². The summed E-state index contributed by atoms with van der Waals surface area (Å²) in [6, 6.07) is 9.41. The Bertz CT molecular complexity index is 508. The number of hydrogen-bond donors (Lipinski definition) is 1. The molecule has 0 aliphatic heterocycles. The summed E-state index contributed by atoms with van der Waals surface area (Å²) in [5.41, 5.74) is 2.47. The molecule has 0 saturated heterocycles. The molecule has 0 saturated carbocycles. The van der Waals surface area contributed by atoms with Crippen LogP contribution < -0.4 is 5.32 Å². The molecule has 1 N–H and O–H groups in total. The smallest absolute Gasteiger partial charge is 0.258 e. The number of nitrogens with one attached hydrogen (secondary N) is 1. The number of alkyl halides is 1. The highest BCUT2D eigenvalue weighted by molar-refractivity contribution is 6.17. The normalized spacial score (nSPS) is 10.3. The minimum absolute atomic E-state index is 0.168. The summed E-state index contributed by atoms with van der Waals surface area (Å²) in [4.78, 5) is 11.8. The molecule has 2 aromatic rings. The maximum atomic E-state index is 11.8. The summed E-state index contributed by atoms with van der Waals surface area (Å²) < 4.78 is 4.87. The molecule has 0 aliphatic carbocycles. The Labute approximate surface area is 111 Å². The molecule has 4 heteroatoms. The summed E-state index contributed by atoms with van der Waals surface area (Å²) in [5.74, 6) is 0.476. The molecule has 1 aromatic carbocycles. The van der Waals surface area contributed by atoms with Crippen LogP contribution in [0.25, 0.3) is 0 Å². The van der Waals surface area contributed by atoms with Crippen molar-refractivity contribution in [3.05, 3.63) is 54.0 Å². The van der Waals surface area contributed by atoms with Crippen LogP contribution in [0.1, 0.15) is 22.3 Å². The van der Waals surface area contributed by atoms with Gasteiger partial charge in [0.1, 0.15) is 6.26 Å². The van der Waals surface area contributed by atoms with Gasteiger partial charge in [-0.05, 0) is 36.6 Å². The van der Waals surface area contributed by atoms with Crippen molar-refractivity contribution in [3.8, 4) is 0 Å². The molecule has 18 heavy (non-hydrogen) atoms. The van der Waals surface area contributed by atoms with Crippen LogP contribution in [0.5, 0.6) is 0 Å². The minimum atomic E-state index is -0.168. The van der Waals surface area contributed by atoms with Gasteiger partial charge in [-0.2, -0.15) is 0 Å². The molecule has 0 fully saturated rings. The van der Waals surface area contributed by atoms with Gasteiger partial charge in [0.25, 0.3) is 5.91 Å². The van der Waals surface area contributed by atoms with E-state index in [2.05, 4.69) is 5.32 Å². The lowest BCUT2D eigenvalue weighted by Gasteiger charge is -2.06. The number of furan rings is 1. The fourth-order valence-electron chi connectivity index (χ4n) is 1.67. The van der Waals surface area contributed by atoms with Gasteiger partial charge >= 0.3 is 0 Å². The van der Waals surface area contributed by atoms with E-state index in [0.29, 0.717) is 11.4 Å². The van der Waals surface area contributed by atoms with Gasteiger partial charge in [-0.25, -0.2) is 0 Å². The fourth-order valence-corrected chi connectivity index (χ4v) is 1.81. The third-order valence-electron chi connectivity index (χ3n) is 2.57. The van der Waals surface area contributed by atoms with Gasteiger partial charge in [0.05, 0.1) is 11.8 Å². The Morgan fingerprint density at radius 3 is 2.94 bits per heavy atom. The molecule has 0 radical (unpaired) electrons. The fraction of sp³-hybridized carbons (Fsp3) is 0.214. The number of hydrogen-bond acceptors (Lipinski definition) is 2. The molecule has 1 heterocycles. The summed E-state index contributed by atoms with van der Waals surface area (Å²) in [6.07, 6.45) is 4.75. The molecule has 0 spiro atoms. The SMILES string of the molecule is O=C(Nc1cccc(CCCCl)c1)c1ccoc1. The van der Waals surface area contributed by atoms with E-state index in [0.717, 1.165) is 18.5 Å². The highest BCUT2D eigenvalue weighted by atomic mass is 35.5. The number of aryl methyl sites for hydroxylation is 1. The zero-order valence-corrected chi connectivity index (χ0v) is 10.6. The van der Waals surface area contributed by atoms with Crippen LogP contribution >= 0.6 is 11.6 Å². The summed E-state index contributed by atoms with van der Waals surface area (Å²) in [5, 5.41) is 2.83. The first-order chi connectivity index (χ1) is 8.79. The van der Waals surface area contributed by atoms with E-state index in [1.807, 2.05) is 24.3 Å². The summed E-state index contributed by atoms with van der Waals surface area (Å²) in [6.45, 7) is 0. The van der Waals surface area contributed by atoms with Crippen molar-refractivity contribution in [1.29, 1.82) is 0 Å². The second kappa shape index (κ2) is 6.26. The van der Waals surface area contributed by atoms with Gasteiger partial charge in [0.15, 0.2) is 0 Å². The predicted molar refractivity (Wildman–Crippen MR) is 72.1 cm³/mol. The first kappa shape index (κ1) is 12.7. The Hall–Kier alpha value is -1.74. The Morgan fingerprint density at radius 1 is 1.33 bits per heavy atom. The number of carbonyl (C=O) groups excluding carboxylic acids is 1. The number of benzene rings is 1. The second-order valence-electron chi connectivity index (χ2n) is 3.96. The van der Waals surface area contributed by atoms with Gasteiger partial charge in [0.2, 0.25) is 0 Å². The molecular weight excluding hydrogens is 250 g/mol. The quantitative estimate of drug-likeness (QED) is 0.836. The first-order valence-electron chi connectivity index (χ1n) is 5.78. The van der Waals surface area contributed by atoms with Crippen molar-refractivity contribution < 1.29 is 9.21 Å². The second-order valence-corrected chi connectivity index (χ2v) is 4.34. The monoisotopic (exact) mass is 263 g/mol. The van der Waals surface area contributed by atoms with Crippen molar-refractivity contribution in [1.82, 2.24) is 0 Å². The zero-order chi connectivity index (χ0) is 12.8. The van der Waals surface area contributed by atoms with Crippen LogP contribution in [0.2, 0.25) is 0 Å². The van der Waals surface area contributed by atoms with Crippen LogP contribution in [-0.4, -0.2) is 11.8 Å².